The van der Waals surface area contributed by atoms with Gasteiger partial charge in [-0.05, 0) is 69.0 Å². The molecule has 3 heteroatoms. The van der Waals surface area contributed by atoms with Gasteiger partial charge in [-0.15, -0.1) is 12.4 Å². The molecule has 0 radical (unpaired) electrons. The summed E-state index contributed by atoms with van der Waals surface area (Å²) in [5, 5.41) is 0. The Bertz CT molecular complexity index is 671. The number of hydrogen-bond acceptors (Lipinski definition) is 1. The Labute approximate surface area is 157 Å². The monoisotopic (exact) mass is 359 g/mol. The lowest BCUT2D eigenvalue weighted by atomic mass is 9.72. The third kappa shape index (κ3) is 4.50. The van der Waals surface area contributed by atoms with E-state index in [2.05, 4.69) is 61.5 Å². The second-order valence-electron chi connectivity index (χ2n) is 7.04. The lowest BCUT2D eigenvalue weighted by molar-refractivity contribution is 0.0863. The minimum atomic E-state index is -0.177. The topological polar surface area (TPSA) is 3.24 Å². The van der Waals surface area contributed by atoms with Crippen molar-refractivity contribution in [2.24, 2.45) is 5.92 Å². The Kier molecular flexibility index (Phi) is 6.80. The third-order valence-corrected chi connectivity index (χ3v) is 5.46. The molecule has 0 N–H and O–H groups in total. The van der Waals surface area contributed by atoms with E-state index in [1.54, 1.807) is 0 Å². The number of allylic oxidation sites excluding steroid dienone is 1. The fourth-order valence-electron chi connectivity index (χ4n) is 3.87. The van der Waals surface area contributed by atoms with E-state index in [4.69, 9.17) is 0 Å². The van der Waals surface area contributed by atoms with Crippen molar-refractivity contribution < 1.29 is 4.39 Å². The van der Waals surface area contributed by atoms with Gasteiger partial charge >= 0.3 is 0 Å². The van der Waals surface area contributed by atoms with Crippen LogP contribution in [0.25, 0.3) is 6.08 Å². The first kappa shape index (κ1) is 19.7. The van der Waals surface area contributed by atoms with E-state index >= 15 is 0 Å². The fraction of sp³-hybridized carbons (Fsp3) is 0.364. The molecular formula is C22H27ClFN. The molecule has 0 heterocycles. The summed E-state index contributed by atoms with van der Waals surface area (Å²) in [6.07, 6.45) is 9.15. The molecule has 0 spiro atoms. The minimum absolute atomic E-state index is 0. The smallest absolute Gasteiger partial charge is 0.123 e. The Balaban J connectivity index is 0.00000225. The van der Waals surface area contributed by atoms with Gasteiger partial charge in [-0.3, -0.25) is 4.90 Å². The average Bonchev–Trinajstić information content (AvgIpc) is 2.62. The highest BCUT2D eigenvalue weighted by atomic mass is 35.5. The minimum Gasteiger partial charge on any atom is -0.300 e. The first-order valence-electron chi connectivity index (χ1n) is 8.77. The van der Waals surface area contributed by atoms with Gasteiger partial charge in [0.05, 0.1) is 0 Å². The van der Waals surface area contributed by atoms with E-state index < -0.39 is 0 Å². The van der Waals surface area contributed by atoms with Crippen LogP contribution in [0.1, 0.15) is 36.8 Å². The molecule has 0 aliphatic heterocycles. The number of rotatable bonds is 4. The van der Waals surface area contributed by atoms with Crippen LogP contribution in [0.3, 0.4) is 0 Å². The maximum Gasteiger partial charge on any atom is 0.123 e. The highest BCUT2D eigenvalue weighted by molar-refractivity contribution is 5.85. The highest BCUT2D eigenvalue weighted by Crippen LogP contribution is 2.43. The maximum atomic E-state index is 13.0. The van der Waals surface area contributed by atoms with Crippen LogP contribution in [0.5, 0.6) is 0 Å². The zero-order chi connectivity index (χ0) is 17.0. The molecule has 0 saturated heterocycles. The third-order valence-electron chi connectivity index (χ3n) is 5.46. The second-order valence-corrected chi connectivity index (χ2v) is 7.04. The van der Waals surface area contributed by atoms with Crippen LogP contribution in [-0.4, -0.2) is 19.0 Å². The van der Waals surface area contributed by atoms with Gasteiger partial charge in [0, 0.05) is 5.54 Å². The molecule has 0 bridgehead atoms. The normalized spacial score (nSPS) is 23.6. The summed E-state index contributed by atoms with van der Waals surface area (Å²) in [4.78, 5) is 2.39. The Morgan fingerprint density at radius 1 is 0.960 bits per heavy atom. The average molecular weight is 360 g/mol. The molecule has 0 aromatic heterocycles. The largest absolute Gasteiger partial charge is 0.300 e. The summed E-state index contributed by atoms with van der Waals surface area (Å²) in [5.74, 6) is 0.426. The van der Waals surface area contributed by atoms with E-state index in [9.17, 15) is 4.39 Å². The Hall–Kier alpha value is -1.64. The first-order valence-corrected chi connectivity index (χ1v) is 8.77. The van der Waals surface area contributed by atoms with Crippen LogP contribution in [0.4, 0.5) is 4.39 Å². The van der Waals surface area contributed by atoms with Crippen molar-refractivity contribution in [3.05, 3.63) is 77.6 Å². The second kappa shape index (κ2) is 8.64. The molecule has 0 amide bonds. The van der Waals surface area contributed by atoms with Gasteiger partial charge in [-0.25, -0.2) is 4.39 Å². The number of nitrogens with zero attached hydrogens (tertiary/aromatic N) is 1. The molecule has 0 unspecified atom stereocenters. The van der Waals surface area contributed by atoms with Crippen LogP contribution in [0.2, 0.25) is 0 Å². The van der Waals surface area contributed by atoms with Gasteiger partial charge in [0.25, 0.3) is 0 Å². The summed E-state index contributed by atoms with van der Waals surface area (Å²) < 4.78 is 13.0. The van der Waals surface area contributed by atoms with Crippen LogP contribution in [0, 0.1) is 11.7 Å². The number of hydrogen-bond donors (Lipinski definition) is 0. The molecule has 0 atom stereocenters. The molecule has 1 saturated carbocycles. The van der Waals surface area contributed by atoms with Crippen LogP contribution in [-0.2, 0) is 5.54 Å². The molecule has 1 nitrogen and oxygen atoms in total. The Morgan fingerprint density at radius 3 is 2.12 bits per heavy atom. The summed E-state index contributed by atoms with van der Waals surface area (Å²) in [7, 11) is 4.39. The van der Waals surface area contributed by atoms with Gasteiger partial charge < -0.3 is 0 Å². The summed E-state index contributed by atoms with van der Waals surface area (Å²) >= 11 is 0. The number of halogens is 2. The summed E-state index contributed by atoms with van der Waals surface area (Å²) in [6.45, 7) is 0. The first-order chi connectivity index (χ1) is 11.6. The van der Waals surface area contributed by atoms with Crippen molar-refractivity contribution in [2.75, 3.05) is 14.1 Å². The zero-order valence-electron chi connectivity index (χ0n) is 15.0. The van der Waals surface area contributed by atoms with Gasteiger partial charge in [0.15, 0.2) is 0 Å². The van der Waals surface area contributed by atoms with Gasteiger partial charge in [-0.1, -0.05) is 54.6 Å². The summed E-state index contributed by atoms with van der Waals surface area (Å²) in [5.41, 5.74) is 2.65. The van der Waals surface area contributed by atoms with Crippen LogP contribution < -0.4 is 0 Å². The van der Waals surface area contributed by atoms with Crippen molar-refractivity contribution in [3.63, 3.8) is 0 Å². The summed E-state index contributed by atoms with van der Waals surface area (Å²) in [6, 6.07) is 17.6. The molecular weight excluding hydrogens is 333 g/mol. The number of benzene rings is 2. The van der Waals surface area contributed by atoms with Gasteiger partial charge in [0.2, 0.25) is 0 Å². The molecule has 3 rings (SSSR count). The van der Waals surface area contributed by atoms with Crippen molar-refractivity contribution >= 4 is 18.5 Å². The zero-order valence-corrected chi connectivity index (χ0v) is 15.8. The van der Waals surface area contributed by atoms with Gasteiger partial charge in [0.1, 0.15) is 5.82 Å². The predicted molar refractivity (Wildman–Crippen MR) is 106 cm³/mol. The molecule has 25 heavy (non-hydrogen) atoms. The quantitative estimate of drug-likeness (QED) is 0.656. The van der Waals surface area contributed by atoms with Crippen molar-refractivity contribution in [1.29, 1.82) is 0 Å². The van der Waals surface area contributed by atoms with Crippen LogP contribution >= 0.6 is 12.4 Å². The van der Waals surface area contributed by atoms with E-state index in [0.717, 1.165) is 5.56 Å². The maximum absolute atomic E-state index is 13.0. The molecule has 134 valence electrons. The van der Waals surface area contributed by atoms with E-state index in [-0.39, 0.29) is 23.8 Å². The SMILES string of the molecule is CN(C)C1(c2ccccc2)CCC(/C=C/c2ccc(F)cc2)CC1.Cl. The van der Waals surface area contributed by atoms with Crippen LogP contribution in [0.15, 0.2) is 60.7 Å². The van der Waals surface area contributed by atoms with Crippen molar-refractivity contribution in [3.8, 4) is 0 Å². The lowest BCUT2D eigenvalue weighted by Crippen LogP contribution is -2.44. The highest BCUT2D eigenvalue weighted by Gasteiger charge is 2.37. The van der Waals surface area contributed by atoms with E-state index in [1.165, 1.54) is 43.4 Å². The van der Waals surface area contributed by atoms with Crippen molar-refractivity contribution in [2.45, 2.75) is 31.2 Å². The molecule has 1 fully saturated rings. The molecule has 1 aliphatic carbocycles. The molecule has 2 aromatic rings. The fourth-order valence-corrected chi connectivity index (χ4v) is 3.87. The molecule has 1 aliphatic rings. The lowest BCUT2D eigenvalue weighted by Gasteiger charge is -2.45. The predicted octanol–water partition coefficient (Wildman–Crippen LogP) is 5.91. The van der Waals surface area contributed by atoms with E-state index in [0.29, 0.717) is 5.92 Å². The van der Waals surface area contributed by atoms with Gasteiger partial charge in [-0.2, -0.15) is 0 Å². The molecule has 2 aromatic carbocycles. The van der Waals surface area contributed by atoms with Crippen molar-refractivity contribution in [1.82, 2.24) is 4.90 Å². The Morgan fingerprint density at radius 2 is 1.56 bits per heavy atom. The van der Waals surface area contributed by atoms with E-state index in [1.807, 2.05) is 12.1 Å². The standard InChI is InChI=1S/C22H26FN.ClH/c1-24(2)22(20-6-4-3-5-7-20)16-14-19(15-17-22)9-8-18-10-12-21(23)13-11-18;/h3-13,19H,14-17H2,1-2H3;1H/b9-8+;.